The molecule has 0 unspecified atom stereocenters. The Morgan fingerprint density at radius 3 is 2.27 bits per heavy atom. The number of primary sulfonamides is 1. The summed E-state index contributed by atoms with van der Waals surface area (Å²) >= 11 is 0. The molecule has 0 heterocycles. The lowest BCUT2D eigenvalue weighted by molar-refractivity contribution is -0.112. The third kappa shape index (κ3) is 4.83. The van der Waals surface area contributed by atoms with Crippen molar-refractivity contribution in [2.75, 3.05) is 17.3 Å². The highest BCUT2D eigenvalue weighted by molar-refractivity contribution is 7.89. The van der Waals surface area contributed by atoms with E-state index >= 15 is 0 Å². The highest BCUT2D eigenvalue weighted by Gasteiger charge is 2.12. The molecule has 0 aliphatic carbocycles. The molecular weight excluding hydrogens is 356 g/mol. The largest absolute Gasteiger partial charge is 0.508 e. The molecule has 134 valence electrons. The monoisotopic (exact) mass is 372 g/mol. The molecular formula is C17H16N4O4S. The second kappa shape index (κ2) is 7.69. The molecule has 9 heteroatoms. The van der Waals surface area contributed by atoms with Gasteiger partial charge in [0.25, 0.3) is 5.91 Å². The van der Waals surface area contributed by atoms with Gasteiger partial charge in [0.1, 0.15) is 17.4 Å². The fourth-order valence-electron chi connectivity index (χ4n) is 2.02. The van der Waals surface area contributed by atoms with Crippen LogP contribution in [0.4, 0.5) is 11.4 Å². The van der Waals surface area contributed by atoms with Crippen LogP contribution in [0.3, 0.4) is 0 Å². The first-order valence-electron chi connectivity index (χ1n) is 7.28. The number of carbonyl (C=O) groups excluding carboxylic acids is 1. The van der Waals surface area contributed by atoms with Crippen LogP contribution in [-0.4, -0.2) is 26.5 Å². The molecule has 4 N–H and O–H groups in total. The Hall–Kier alpha value is -3.35. The summed E-state index contributed by atoms with van der Waals surface area (Å²) in [5, 5.41) is 26.0. The molecule has 0 aliphatic heterocycles. The molecule has 0 spiro atoms. The van der Waals surface area contributed by atoms with Crippen LogP contribution in [0.2, 0.25) is 0 Å². The number of sulfonamides is 1. The molecule has 0 fully saturated rings. The van der Waals surface area contributed by atoms with E-state index in [2.05, 4.69) is 5.32 Å². The number of nitrogens with one attached hydrogen (secondary N) is 1. The van der Waals surface area contributed by atoms with Crippen molar-refractivity contribution in [3.05, 3.63) is 60.3 Å². The Bertz CT molecular complexity index is 975. The Kier molecular flexibility index (Phi) is 5.61. The summed E-state index contributed by atoms with van der Waals surface area (Å²) in [5.74, 6) is -0.547. The number of phenolic OH excluding ortho intramolecular Hbond substituents is 1. The second-order valence-corrected chi connectivity index (χ2v) is 6.87. The quantitative estimate of drug-likeness (QED) is 0.538. The highest BCUT2D eigenvalue weighted by Crippen LogP contribution is 2.18. The van der Waals surface area contributed by atoms with Gasteiger partial charge in [-0.05, 0) is 48.5 Å². The normalized spacial score (nSPS) is 11.5. The van der Waals surface area contributed by atoms with E-state index in [0.29, 0.717) is 11.4 Å². The van der Waals surface area contributed by atoms with Crippen LogP contribution >= 0.6 is 0 Å². The van der Waals surface area contributed by atoms with Crippen LogP contribution in [0.5, 0.6) is 5.75 Å². The number of aromatic hydroxyl groups is 1. The number of anilines is 2. The number of rotatable bonds is 5. The van der Waals surface area contributed by atoms with E-state index in [9.17, 15) is 23.6 Å². The van der Waals surface area contributed by atoms with Crippen molar-refractivity contribution in [1.29, 1.82) is 5.26 Å². The van der Waals surface area contributed by atoms with Crippen molar-refractivity contribution < 1.29 is 18.3 Å². The SMILES string of the molecule is CN(/C=C(/C#N)C(=O)Nc1ccc(S(N)(=O)=O)cc1)c1ccc(O)cc1. The standard InChI is InChI=1S/C17H16N4O4S/c1-21(14-4-6-15(22)7-5-14)11-12(10-18)17(23)20-13-2-8-16(9-3-13)26(19,24)25/h2-9,11,22H,1H3,(H,20,23)(H2,19,24,25)/b12-11-. The molecule has 26 heavy (non-hydrogen) atoms. The van der Waals surface area contributed by atoms with Gasteiger partial charge in [-0.25, -0.2) is 13.6 Å². The Labute approximate surface area is 150 Å². The predicted octanol–water partition coefficient (Wildman–Crippen LogP) is 1.52. The first-order valence-corrected chi connectivity index (χ1v) is 8.83. The summed E-state index contributed by atoms with van der Waals surface area (Å²) in [6.07, 6.45) is 1.35. The molecule has 1 amide bonds. The Morgan fingerprint density at radius 1 is 1.19 bits per heavy atom. The number of hydrogen-bond acceptors (Lipinski definition) is 6. The van der Waals surface area contributed by atoms with Crippen molar-refractivity contribution in [3.8, 4) is 11.8 Å². The van der Waals surface area contributed by atoms with Gasteiger partial charge in [-0.2, -0.15) is 5.26 Å². The fraction of sp³-hybridized carbons (Fsp3) is 0.0588. The van der Waals surface area contributed by atoms with Gasteiger partial charge in [0.15, 0.2) is 0 Å². The van der Waals surface area contributed by atoms with Crippen molar-refractivity contribution >= 4 is 27.3 Å². The van der Waals surface area contributed by atoms with Crippen LogP contribution in [-0.2, 0) is 14.8 Å². The molecule has 2 rings (SSSR count). The summed E-state index contributed by atoms with van der Waals surface area (Å²) < 4.78 is 22.4. The van der Waals surface area contributed by atoms with Gasteiger partial charge in [-0.1, -0.05) is 0 Å². The number of nitriles is 1. The molecule has 2 aromatic rings. The third-order valence-corrected chi connectivity index (χ3v) is 4.31. The molecule has 0 aliphatic rings. The summed E-state index contributed by atoms with van der Waals surface area (Å²) in [4.78, 5) is 13.7. The number of benzene rings is 2. The zero-order valence-electron chi connectivity index (χ0n) is 13.7. The van der Waals surface area contributed by atoms with Crippen LogP contribution in [0.1, 0.15) is 0 Å². The zero-order valence-corrected chi connectivity index (χ0v) is 14.6. The van der Waals surface area contributed by atoms with Gasteiger partial charge in [0.05, 0.1) is 4.90 Å². The number of nitrogens with two attached hydrogens (primary N) is 1. The first kappa shape index (κ1) is 19.0. The zero-order chi connectivity index (χ0) is 19.3. The van der Waals surface area contributed by atoms with Crippen molar-refractivity contribution in [3.63, 3.8) is 0 Å². The smallest absolute Gasteiger partial charge is 0.267 e. The van der Waals surface area contributed by atoms with Crippen LogP contribution in [0.15, 0.2) is 65.2 Å². The van der Waals surface area contributed by atoms with Crippen LogP contribution in [0, 0.1) is 11.3 Å². The maximum absolute atomic E-state index is 12.2. The van der Waals surface area contributed by atoms with E-state index < -0.39 is 15.9 Å². The number of nitrogens with zero attached hydrogens (tertiary/aromatic N) is 2. The average Bonchev–Trinajstić information content (AvgIpc) is 2.59. The molecule has 0 saturated carbocycles. The summed E-state index contributed by atoms with van der Waals surface area (Å²) in [5.41, 5.74) is 0.827. The molecule has 0 aromatic heterocycles. The van der Waals surface area contributed by atoms with E-state index in [-0.39, 0.29) is 16.2 Å². The van der Waals surface area contributed by atoms with Gasteiger partial charge >= 0.3 is 0 Å². The van der Waals surface area contributed by atoms with E-state index in [1.54, 1.807) is 24.1 Å². The summed E-state index contributed by atoms with van der Waals surface area (Å²) in [6.45, 7) is 0. The molecule has 0 saturated heterocycles. The number of carbonyl (C=O) groups is 1. The summed E-state index contributed by atoms with van der Waals surface area (Å²) in [6, 6.07) is 13.3. The lowest BCUT2D eigenvalue weighted by atomic mass is 10.2. The van der Waals surface area contributed by atoms with E-state index in [1.807, 2.05) is 6.07 Å². The molecule has 0 atom stereocenters. The maximum Gasteiger partial charge on any atom is 0.267 e. The van der Waals surface area contributed by atoms with Crippen LogP contribution < -0.4 is 15.4 Å². The number of hydrogen-bond donors (Lipinski definition) is 3. The topological polar surface area (TPSA) is 137 Å². The highest BCUT2D eigenvalue weighted by atomic mass is 32.2. The van der Waals surface area contributed by atoms with Crippen molar-refractivity contribution in [1.82, 2.24) is 0 Å². The Balaban J connectivity index is 2.15. The fourth-order valence-corrected chi connectivity index (χ4v) is 2.54. The van der Waals surface area contributed by atoms with Gasteiger partial charge in [-0.15, -0.1) is 0 Å². The number of phenols is 1. The van der Waals surface area contributed by atoms with Gasteiger partial charge in [-0.3, -0.25) is 4.79 Å². The molecule has 8 nitrogen and oxygen atoms in total. The molecule has 0 radical (unpaired) electrons. The van der Waals surface area contributed by atoms with E-state index in [4.69, 9.17) is 5.14 Å². The van der Waals surface area contributed by atoms with Crippen molar-refractivity contribution in [2.24, 2.45) is 5.14 Å². The minimum atomic E-state index is -3.82. The Morgan fingerprint density at radius 2 is 1.77 bits per heavy atom. The second-order valence-electron chi connectivity index (χ2n) is 5.31. The molecule has 0 bridgehead atoms. The van der Waals surface area contributed by atoms with Crippen LogP contribution in [0.25, 0.3) is 0 Å². The third-order valence-electron chi connectivity index (χ3n) is 3.39. The van der Waals surface area contributed by atoms with E-state index in [1.165, 1.54) is 42.6 Å². The predicted molar refractivity (Wildman–Crippen MR) is 96.7 cm³/mol. The minimum absolute atomic E-state index is 0.0846. The summed E-state index contributed by atoms with van der Waals surface area (Å²) in [7, 11) is -2.17. The first-order chi connectivity index (χ1) is 12.2. The van der Waals surface area contributed by atoms with Gasteiger partial charge in [0.2, 0.25) is 10.0 Å². The van der Waals surface area contributed by atoms with Gasteiger partial charge < -0.3 is 15.3 Å². The van der Waals surface area contributed by atoms with Crippen molar-refractivity contribution in [2.45, 2.75) is 4.90 Å². The minimum Gasteiger partial charge on any atom is -0.508 e. The maximum atomic E-state index is 12.2. The van der Waals surface area contributed by atoms with Gasteiger partial charge in [0, 0.05) is 24.6 Å². The number of amides is 1. The lowest BCUT2D eigenvalue weighted by Gasteiger charge is -2.15. The average molecular weight is 372 g/mol. The molecule has 2 aromatic carbocycles. The lowest BCUT2D eigenvalue weighted by Crippen LogP contribution is -2.18. The van der Waals surface area contributed by atoms with E-state index in [0.717, 1.165) is 0 Å².